The number of aliphatic hydroxyl groups is 4. The molecule has 2 spiro atoms. The third-order valence-corrected chi connectivity index (χ3v) is 8.95. The maximum atomic E-state index is 13.4. The molecule has 170 valence electrons. The summed E-state index contributed by atoms with van der Waals surface area (Å²) in [6.45, 7) is 6.63. The molecule has 6 rings (SSSR count). The Labute approximate surface area is 176 Å². The van der Waals surface area contributed by atoms with E-state index in [4.69, 9.17) is 18.9 Å². The highest BCUT2D eigenvalue weighted by molar-refractivity contribution is 5.94. The molecule has 0 aromatic heterocycles. The Hall–Kier alpha value is -1.79. The summed E-state index contributed by atoms with van der Waals surface area (Å²) in [7, 11) is 0. The highest BCUT2D eigenvalue weighted by atomic mass is 16.8. The molecule has 0 aromatic carbocycles. The summed E-state index contributed by atoms with van der Waals surface area (Å²) in [6.07, 6.45) is -9.69. The molecule has 0 aromatic rings. The molecule has 0 bridgehead atoms. The monoisotopic (exact) mass is 440 g/mol. The van der Waals surface area contributed by atoms with Crippen LogP contribution in [0.5, 0.6) is 0 Å². The van der Waals surface area contributed by atoms with Crippen molar-refractivity contribution < 1.29 is 53.8 Å². The van der Waals surface area contributed by atoms with Crippen LogP contribution in [0.15, 0.2) is 0 Å². The Bertz CT molecular complexity index is 957. The highest BCUT2D eigenvalue weighted by Gasteiger charge is 3.05. The number of fused-ring (bicyclic) bond motifs is 1. The summed E-state index contributed by atoms with van der Waals surface area (Å²) in [5.41, 5.74) is -9.40. The van der Waals surface area contributed by atoms with Gasteiger partial charge < -0.3 is 39.4 Å². The average molecular weight is 440 g/mol. The first-order valence-electron chi connectivity index (χ1n) is 10.3. The number of ether oxygens (including phenoxy) is 4. The first kappa shape index (κ1) is 19.9. The van der Waals surface area contributed by atoms with Crippen LogP contribution in [0.25, 0.3) is 0 Å². The Kier molecular flexibility index (Phi) is 3.15. The van der Waals surface area contributed by atoms with Crippen molar-refractivity contribution in [2.45, 2.75) is 75.7 Å². The summed E-state index contributed by atoms with van der Waals surface area (Å²) in [5.74, 6) is -5.22. The first-order valence-corrected chi connectivity index (χ1v) is 10.3. The van der Waals surface area contributed by atoms with E-state index in [0.717, 1.165) is 0 Å². The molecule has 4 heterocycles. The normalized spacial score (nSPS) is 61.0. The Morgan fingerprint density at radius 3 is 2.19 bits per heavy atom. The lowest BCUT2D eigenvalue weighted by atomic mass is 9.51. The van der Waals surface area contributed by atoms with Gasteiger partial charge in [0, 0.05) is 5.92 Å². The fourth-order valence-electron chi connectivity index (χ4n) is 8.27. The molecule has 11 heteroatoms. The molecule has 6 fully saturated rings. The van der Waals surface area contributed by atoms with Gasteiger partial charge in [0.1, 0.15) is 12.2 Å². The Morgan fingerprint density at radius 2 is 1.58 bits per heavy atom. The number of aliphatic hydroxyl groups excluding tert-OH is 3. The number of carbonyl (C=O) groups excluding carboxylic acids is 3. The van der Waals surface area contributed by atoms with E-state index in [2.05, 4.69) is 0 Å². The van der Waals surface area contributed by atoms with Gasteiger partial charge >= 0.3 is 17.9 Å². The second kappa shape index (κ2) is 4.91. The molecule has 2 saturated carbocycles. The predicted octanol–water partition coefficient (Wildman–Crippen LogP) is -2.40. The third-order valence-electron chi connectivity index (χ3n) is 8.95. The largest absolute Gasteiger partial charge is 0.456 e. The van der Waals surface area contributed by atoms with E-state index in [0.29, 0.717) is 0 Å². The molecule has 6 aliphatic rings. The van der Waals surface area contributed by atoms with Gasteiger partial charge in [-0.15, -0.1) is 0 Å². The smallest absolute Gasteiger partial charge is 0.343 e. The van der Waals surface area contributed by atoms with E-state index in [-0.39, 0.29) is 0 Å². The minimum atomic E-state index is -2.40. The summed E-state index contributed by atoms with van der Waals surface area (Å²) >= 11 is 0. The molecular formula is C20H24O11. The highest BCUT2D eigenvalue weighted by Crippen LogP contribution is 2.84. The van der Waals surface area contributed by atoms with Gasteiger partial charge in [-0.25, -0.2) is 9.59 Å². The first-order chi connectivity index (χ1) is 14.3. The van der Waals surface area contributed by atoms with Crippen LogP contribution in [0.3, 0.4) is 0 Å². The van der Waals surface area contributed by atoms with Crippen molar-refractivity contribution in [3.63, 3.8) is 0 Å². The minimum absolute atomic E-state index is 0.792. The van der Waals surface area contributed by atoms with Gasteiger partial charge in [0.25, 0.3) is 0 Å². The van der Waals surface area contributed by atoms with Gasteiger partial charge in [0.2, 0.25) is 11.9 Å². The summed E-state index contributed by atoms with van der Waals surface area (Å²) in [4.78, 5) is 38.3. The number of rotatable bonds is 0. The molecule has 0 amide bonds. The molecule has 11 nitrogen and oxygen atoms in total. The molecule has 2 unspecified atom stereocenters. The van der Waals surface area contributed by atoms with Gasteiger partial charge in [0.05, 0.1) is 22.9 Å². The van der Waals surface area contributed by atoms with Crippen molar-refractivity contribution in [2.24, 2.45) is 28.1 Å². The van der Waals surface area contributed by atoms with Gasteiger partial charge in [-0.1, -0.05) is 20.8 Å². The minimum Gasteiger partial charge on any atom is -0.456 e. The SMILES string of the molecule is C[C@@H]1C(=O)O[C@H]2[C@@H](O)C34[C@@H]5OC(=O)[C@]3(O[C@@H]3OC(=O)[C@H](O)C34[C@H](C(C)(C)C)[C@H]5O)[C@@]12O. The van der Waals surface area contributed by atoms with Crippen LogP contribution in [0.1, 0.15) is 27.7 Å². The van der Waals surface area contributed by atoms with E-state index >= 15 is 0 Å². The topological polar surface area (TPSA) is 169 Å². The number of hydrogen-bond acceptors (Lipinski definition) is 11. The molecule has 4 aliphatic heterocycles. The van der Waals surface area contributed by atoms with E-state index in [1.54, 1.807) is 20.8 Å². The number of esters is 3. The van der Waals surface area contributed by atoms with Crippen molar-refractivity contribution in [1.29, 1.82) is 0 Å². The van der Waals surface area contributed by atoms with Crippen molar-refractivity contribution in [3.05, 3.63) is 0 Å². The Balaban J connectivity index is 1.75. The standard InChI is InChI=1S/C20H24O11/c1-5-12(24)28-11-8(22)18-10-6(21)7(16(2,3)4)17(18)9(23)13(25)30-15(17)31-20(18,14(26)29-10)19(5,11)27/h5-11,15,21-23,27H,1-4H3/t5-,6-,7+,8-,9+,10-,11+,15+,17?,18?,19-,20-/m1/s1. The van der Waals surface area contributed by atoms with Crippen LogP contribution >= 0.6 is 0 Å². The molecule has 4 N–H and O–H groups in total. The predicted molar refractivity (Wildman–Crippen MR) is 93.4 cm³/mol. The molecule has 31 heavy (non-hydrogen) atoms. The zero-order chi connectivity index (χ0) is 22.7. The van der Waals surface area contributed by atoms with Crippen LogP contribution in [-0.4, -0.2) is 86.3 Å². The summed E-state index contributed by atoms with van der Waals surface area (Å²) < 4.78 is 22.2. The Morgan fingerprint density at radius 1 is 0.935 bits per heavy atom. The molecule has 4 saturated heterocycles. The van der Waals surface area contributed by atoms with Gasteiger partial charge in [-0.2, -0.15) is 0 Å². The maximum absolute atomic E-state index is 13.4. The lowest BCUT2D eigenvalue weighted by molar-refractivity contribution is -0.240. The second-order valence-corrected chi connectivity index (χ2v) is 10.8. The van der Waals surface area contributed by atoms with Crippen molar-refractivity contribution >= 4 is 17.9 Å². The maximum Gasteiger partial charge on any atom is 0.343 e. The average Bonchev–Trinajstić information content (AvgIpc) is 3.35. The fourth-order valence-corrected chi connectivity index (χ4v) is 8.27. The lowest BCUT2D eigenvalue weighted by Gasteiger charge is -2.47. The van der Waals surface area contributed by atoms with E-state index in [1.165, 1.54) is 6.92 Å². The van der Waals surface area contributed by atoms with Crippen molar-refractivity contribution in [2.75, 3.05) is 0 Å². The van der Waals surface area contributed by atoms with Gasteiger partial charge in [0.15, 0.2) is 17.8 Å². The lowest BCUT2D eigenvalue weighted by Crippen LogP contribution is -2.67. The van der Waals surface area contributed by atoms with Crippen LogP contribution in [0, 0.1) is 28.1 Å². The third kappa shape index (κ3) is 1.43. The van der Waals surface area contributed by atoms with Crippen LogP contribution in [0.4, 0.5) is 0 Å². The summed E-state index contributed by atoms with van der Waals surface area (Å²) in [5, 5.41) is 46.1. The molecular weight excluding hydrogens is 416 g/mol. The van der Waals surface area contributed by atoms with E-state index in [9.17, 15) is 34.8 Å². The second-order valence-electron chi connectivity index (χ2n) is 10.8. The van der Waals surface area contributed by atoms with Crippen LogP contribution in [-0.2, 0) is 33.3 Å². The zero-order valence-electron chi connectivity index (χ0n) is 17.3. The van der Waals surface area contributed by atoms with Crippen molar-refractivity contribution in [1.82, 2.24) is 0 Å². The molecule has 12 atom stereocenters. The van der Waals surface area contributed by atoms with Gasteiger partial charge in [-0.3, -0.25) is 4.79 Å². The number of carbonyl (C=O) groups is 3. The van der Waals surface area contributed by atoms with Gasteiger partial charge in [-0.05, 0) is 12.3 Å². The quantitative estimate of drug-likeness (QED) is 0.234. The van der Waals surface area contributed by atoms with E-state index in [1.807, 2.05) is 0 Å². The number of hydrogen-bond donors (Lipinski definition) is 4. The molecule has 0 radical (unpaired) electrons. The fraction of sp³-hybridized carbons (Fsp3) is 0.850. The molecule has 2 aliphatic carbocycles. The van der Waals surface area contributed by atoms with E-state index < -0.39 is 94.0 Å². The summed E-state index contributed by atoms with van der Waals surface area (Å²) in [6, 6.07) is 0. The van der Waals surface area contributed by atoms with Crippen LogP contribution in [0.2, 0.25) is 0 Å². The zero-order valence-corrected chi connectivity index (χ0v) is 17.3. The van der Waals surface area contributed by atoms with Crippen molar-refractivity contribution in [3.8, 4) is 0 Å². The van der Waals surface area contributed by atoms with Crippen LogP contribution < -0.4 is 0 Å².